The van der Waals surface area contributed by atoms with Gasteiger partial charge >= 0.3 is 0 Å². The molecule has 2 aromatic rings. The first-order valence-electron chi connectivity index (χ1n) is 4.70. The molecule has 0 N–H and O–H groups in total. The normalized spacial score (nSPS) is 10.4. The maximum absolute atomic E-state index is 10.6. The second-order valence-corrected chi connectivity index (χ2v) is 3.27. The van der Waals surface area contributed by atoms with Crippen LogP contribution in [0.5, 0.6) is 0 Å². The molecule has 0 amide bonds. The molecule has 0 atom stereocenters. The molecule has 0 radical (unpaired) electrons. The van der Waals surface area contributed by atoms with Gasteiger partial charge in [-0.1, -0.05) is 31.2 Å². The number of benzene rings is 2. The van der Waals surface area contributed by atoms with Crippen molar-refractivity contribution in [2.24, 2.45) is 5.18 Å². The first-order valence-corrected chi connectivity index (χ1v) is 4.70. The van der Waals surface area contributed by atoms with E-state index in [-0.39, 0.29) is 0 Å². The van der Waals surface area contributed by atoms with E-state index in [0.29, 0.717) is 5.69 Å². The number of nitrogens with zero attached hydrogens (tertiary/aromatic N) is 1. The fourth-order valence-corrected chi connectivity index (χ4v) is 1.64. The van der Waals surface area contributed by atoms with Crippen LogP contribution in [0.15, 0.2) is 41.6 Å². The van der Waals surface area contributed by atoms with E-state index in [9.17, 15) is 4.91 Å². The molecule has 0 aliphatic carbocycles. The second kappa shape index (κ2) is 3.58. The molecule has 0 unspecified atom stereocenters. The minimum atomic E-state index is 0.561. The monoisotopic (exact) mass is 185 g/mol. The third-order valence-electron chi connectivity index (χ3n) is 2.43. The van der Waals surface area contributed by atoms with Gasteiger partial charge in [-0.05, 0) is 40.1 Å². The Balaban J connectivity index is 2.75. The highest BCUT2D eigenvalue weighted by Gasteiger charge is 2.02. The average molecular weight is 185 g/mol. The van der Waals surface area contributed by atoms with E-state index in [1.165, 1.54) is 0 Å². The zero-order valence-electron chi connectivity index (χ0n) is 8.03. The van der Waals surface area contributed by atoms with Crippen molar-refractivity contribution in [2.75, 3.05) is 0 Å². The number of hydrogen-bond donors (Lipinski definition) is 0. The van der Waals surface area contributed by atoms with Crippen molar-refractivity contribution in [2.45, 2.75) is 13.3 Å². The molecule has 0 aliphatic heterocycles. The molecule has 0 saturated heterocycles. The number of nitroso groups, excluding NO2 is 1. The van der Waals surface area contributed by atoms with E-state index in [1.54, 1.807) is 0 Å². The fraction of sp³-hybridized carbons (Fsp3) is 0.167. The summed E-state index contributed by atoms with van der Waals surface area (Å²) in [4.78, 5) is 10.6. The molecule has 0 fully saturated rings. The van der Waals surface area contributed by atoms with Gasteiger partial charge in [0.2, 0.25) is 0 Å². The summed E-state index contributed by atoms with van der Waals surface area (Å²) in [6, 6.07) is 11.9. The lowest BCUT2D eigenvalue weighted by Crippen LogP contribution is -1.82. The number of fused-ring (bicyclic) bond motifs is 1. The van der Waals surface area contributed by atoms with Crippen LogP contribution >= 0.6 is 0 Å². The number of aryl methyl sites for hydroxylation is 1. The molecule has 2 aromatic carbocycles. The van der Waals surface area contributed by atoms with Gasteiger partial charge in [-0.2, -0.15) is 0 Å². The Labute approximate surface area is 82.5 Å². The molecule has 2 heteroatoms. The highest BCUT2D eigenvalue weighted by Crippen LogP contribution is 2.26. The molecule has 0 saturated carbocycles. The van der Waals surface area contributed by atoms with Gasteiger partial charge in [-0.15, -0.1) is 4.91 Å². The zero-order valence-corrected chi connectivity index (χ0v) is 8.03. The van der Waals surface area contributed by atoms with Gasteiger partial charge < -0.3 is 0 Å². The minimum Gasteiger partial charge on any atom is -0.145 e. The van der Waals surface area contributed by atoms with E-state index in [1.807, 2.05) is 43.3 Å². The van der Waals surface area contributed by atoms with Crippen molar-refractivity contribution in [3.05, 3.63) is 46.9 Å². The first kappa shape index (κ1) is 8.88. The molecule has 2 nitrogen and oxygen atoms in total. The topological polar surface area (TPSA) is 29.4 Å². The Kier molecular flexibility index (Phi) is 2.27. The Bertz CT molecular complexity index is 477. The predicted octanol–water partition coefficient (Wildman–Crippen LogP) is 3.80. The minimum absolute atomic E-state index is 0.561. The summed E-state index contributed by atoms with van der Waals surface area (Å²) in [6.45, 7) is 2.03. The third kappa shape index (κ3) is 1.39. The van der Waals surface area contributed by atoms with Gasteiger partial charge in [-0.25, -0.2) is 0 Å². The molecule has 0 aliphatic rings. The molecule has 70 valence electrons. The molecule has 14 heavy (non-hydrogen) atoms. The van der Waals surface area contributed by atoms with Gasteiger partial charge in [0.05, 0.1) is 0 Å². The summed E-state index contributed by atoms with van der Waals surface area (Å²) in [6.07, 6.45) is 0.839. The lowest BCUT2D eigenvalue weighted by Gasteiger charge is -2.03. The Morgan fingerprint density at radius 2 is 1.79 bits per heavy atom. The van der Waals surface area contributed by atoms with Gasteiger partial charge in [-0.3, -0.25) is 0 Å². The van der Waals surface area contributed by atoms with Crippen molar-refractivity contribution in [1.29, 1.82) is 0 Å². The Morgan fingerprint density at radius 1 is 1.14 bits per heavy atom. The van der Waals surface area contributed by atoms with Crippen molar-refractivity contribution in [3.63, 3.8) is 0 Å². The standard InChI is InChI=1S/C12H11NO/c1-2-9-7-10-5-3-4-6-11(10)8-12(9)13-14/h3-8H,2H2,1H3. The Morgan fingerprint density at radius 3 is 2.36 bits per heavy atom. The summed E-state index contributed by atoms with van der Waals surface area (Å²) in [7, 11) is 0. The molecule has 0 heterocycles. The summed E-state index contributed by atoms with van der Waals surface area (Å²) in [5.74, 6) is 0. The number of hydrogen-bond acceptors (Lipinski definition) is 2. The van der Waals surface area contributed by atoms with Gasteiger partial charge in [0.1, 0.15) is 5.69 Å². The largest absolute Gasteiger partial charge is 0.145 e. The van der Waals surface area contributed by atoms with Crippen LogP contribution in [0.3, 0.4) is 0 Å². The highest BCUT2D eigenvalue weighted by molar-refractivity contribution is 5.86. The molecule has 0 aromatic heterocycles. The SMILES string of the molecule is CCc1cc2ccccc2cc1N=O. The van der Waals surface area contributed by atoms with E-state index in [2.05, 4.69) is 5.18 Å². The summed E-state index contributed by atoms with van der Waals surface area (Å²) < 4.78 is 0. The first-order chi connectivity index (χ1) is 6.85. The van der Waals surface area contributed by atoms with E-state index < -0.39 is 0 Å². The maximum atomic E-state index is 10.6. The van der Waals surface area contributed by atoms with Gasteiger partial charge in [0.15, 0.2) is 0 Å². The average Bonchev–Trinajstić information content (AvgIpc) is 2.27. The predicted molar refractivity (Wildman–Crippen MR) is 58.8 cm³/mol. The summed E-state index contributed by atoms with van der Waals surface area (Å²) in [5.41, 5.74) is 1.57. The van der Waals surface area contributed by atoms with Crippen molar-refractivity contribution >= 4 is 16.5 Å². The van der Waals surface area contributed by atoms with Gasteiger partial charge in [0.25, 0.3) is 0 Å². The smallest absolute Gasteiger partial charge is 0.111 e. The van der Waals surface area contributed by atoms with Crippen LogP contribution < -0.4 is 0 Å². The van der Waals surface area contributed by atoms with Gasteiger partial charge in [0, 0.05) is 0 Å². The maximum Gasteiger partial charge on any atom is 0.111 e. The highest BCUT2D eigenvalue weighted by atomic mass is 16.3. The summed E-state index contributed by atoms with van der Waals surface area (Å²) >= 11 is 0. The fourth-order valence-electron chi connectivity index (χ4n) is 1.64. The van der Waals surface area contributed by atoms with Crippen LogP contribution in [0.25, 0.3) is 10.8 Å². The zero-order chi connectivity index (χ0) is 9.97. The lowest BCUT2D eigenvalue weighted by atomic mass is 10.0. The molecule has 0 spiro atoms. The summed E-state index contributed by atoms with van der Waals surface area (Å²) in [5, 5.41) is 5.27. The van der Waals surface area contributed by atoms with Crippen molar-refractivity contribution in [3.8, 4) is 0 Å². The van der Waals surface area contributed by atoms with Crippen molar-refractivity contribution in [1.82, 2.24) is 0 Å². The molecule has 2 rings (SSSR count). The van der Waals surface area contributed by atoms with Crippen LogP contribution in [-0.4, -0.2) is 0 Å². The van der Waals surface area contributed by atoms with Crippen LogP contribution in [-0.2, 0) is 6.42 Å². The third-order valence-corrected chi connectivity index (χ3v) is 2.43. The Hall–Kier alpha value is -1.70. The second-order valence-electron chi connectivity index (χ2n) is 3.27. The molecular formula is C12H11NO. The quantitative estimate of drug-likeness (QED) is 0.654. The van der Waals surface area contributed by atoms with Crippen LogP contribution in [0.2, 0.25) is 0 Å². The van der Waals surface area contributed by atoms with Crippen LogP contribution in [0, 0.1) is 4.91 Å². The van der Waals surface area contributed by atoms with Crippen LogP contribution in [0.4, 0.5) is 5.69 Å². The van der Waals surface area contributed by atoms with Crippen LogP contribution in [0.1, 0.15) is 12.5 Å². The van der Waals surface area contributed by atoms with E-state index in [0.717, 1.165) is 22.8 Å². The molecule has 0 bridgehead atoms. The van der Waals surface area contributed by atoms with E-state index >= 15 is 0 Å². The van der Waals surface area contributed by atoms with Crippen molar-refractivity contribution < 1.29 is 0 Å². The number of rotatable bonds is 2. The molecular weight excluding hydrogens is 174 g/mol. The van der Waals surface area contributed by atoms with E-state index in [4.69, 9.17) is 0 Å². The lowest BCUT2D eigenvalue weighted by molar-refractivity contribution is 1.14.